The molecule has 0 aromatic heterocycles. The summed E-state index contributed by atoms with van der Waals surface area (Å²) in [6.07, 6.45) is -0.146. The third-order valence-electron chi connectivity index (χ3n) is 10.4. The molecule has 0 saturated carbocycles. The largest absolute Gasteiger partial charge is 0.397 e. The van der Waals surface area contributed by atoms with E-state index in [1.807, 2.05) is 111 Å². The van der Waals surface area contributed by atoms with Gasteiger partial charge in [-0.05, 0) is 72.0 Å². The van der Waals surface area contributed by atoms with Gasteiger partial charge >= 0.3 is 0 Å². The first-order valence-electron chi connectivity index (χ1n) is 19.2. The summed E-state index contributed by atoms with van der Waals surface area (Å²) in [7, 11) is 2.01. The van der Waals surface area contributed by atoms with Gasteiger partial charge in [-0.3, -0.25) is 14.5 Å². The van der Waals surface area contributed by atoms with Crippen molar-refractivity contribution in [1.29, 1.82) is 0 Å². The Morgan fingerprint density at radius 1 is 0.804 bits per heavy atom. The molecule has 10 nitrogen and oxygen atoms in total. The molecule has 0 aliphatic carbocycles. The van der Waals surface area contributed by atoms with Gasteiger partial charge in [0.2, 0.25) is 11.8 Å². The molecule has 6 N–H and O–H groups in total. The third kappa shape index (κ3) is 10.9. The van der Waals surface area contributed by atoms with Crippen LogP contribution >= 0.6 is 0 Å². The zero-order valence-electron chi connectivity index (χ0n) is 32.0. The van der Waals surface area contributed by atoms with E-state index >= 15 is 0 Å². The van der Waals surface area contributed by atoms with E-state index in [4.69, 9.17) is 15.2 Å². The molecular weight excluding hydrogens is 705 g/mol. The highest BCUT2D eigenvalue weighted by atomic mass is 16.7. The van der Waals surface area contributed by atoms with Crippen LogP contribution in [-0.2, 0) is 32.2 Å². The van der Waals surface area contributed by atoms with Crippen LogP contribution in [0.1, 0.15) is 78.9 Å². The molecule has 5 aromatic rings. The highest BCUT2D eigenvalue weighted by molar-refractivity contribution is 5.94. The van der Waals surface area contributed by atoms with Crippen LogP contribution in [0.3, 0.4) is 0 Å². The SMILES string of the molecule is C[C@@H]([C@H](O)c1ccccc1)N(C)C[C@@H]1C[C@H](c2ccc(CO)cc2)O[C@H](c2ccc(-c3cccc(CNC(=O)CCCC(=O)Nc4ccccc4N)c3)cc2)O1. The fraction of sp³-hybridized carbons (Fsp3) is 0.304. The molecule has 56 heavy (non-hydrogen) atoms. The Bertz CT molecular complexity index is 2020. The number of carbonyl (C=O) groups excluding carboxylic acids is 2. The lowest BCUT2D eigenvalue weighted by atomic mass is 9.98. The zero-order chi connectivity index (χ0) is 39.4. The summed E-state index contributed by atoms with van der Waals surface area (Å²) in [5.41, 5.74) is 13.6. The number of nitrogens with zero attached hydrogens (tertiary/aromatic N) is 1. The van der Waals surface area contributed by atoms with Crippen LogP contribution in [0.4, 0.5) is 11.4 Å². The first-order valence-corrected chi connectivity index (χ1v) is 19.2. The molecule has 0 bridgehead atoms. The van der Waals surface area contributed by atoms with Gasteiger partial charge in [0.1, 0.15) is 0 Å². The Morgan fingerprint density at radius 2 is 1.50 bits per heavy atom. The van der Waals surface area contributed by atoms with E-state index in [1.54, 1.807) is 24.3 Å². The van der Waals surface area contributed by atoms with Crippen molar-refractivity contribution in [1.82, 2.24) is 10.2 Å². The van der Waals surface area contributed by atoms with Crippen LogP contribution in [0.15, 0.2) is 127 Å². The summed E-state index contributed by atoms with van der Waals surface area (Å²) in [6.45, 7) is 2.97. The van der Waals surface area contributed by atoms with Gasteiger partial charge in [0, 0.05) is 44.0 Å². The molecular formula is C46H52N4O6. The van der Waals surface area contributed by atoms with Gasteiger partial charge in [-0.2, -0.15) is 0 Å². The number of aliphatic hydroxyl groups is 2. The van der Waals surface area contributed by atoms with Crippen molar-refractivity contribution in [3.63, 3.8) is 0 Å². The second-order valence-electron chi connectivity index (χ2n) is 14.5. The van der Waals surface area contributed by atoms with Crippen molar-refractivity contribution in [3.8, 4) is 11.1 Å². The average molecular weight is 757 g/mol. The fourth-order valence-electron chi connectivity index (χ4n) is 6.91. The average Bonchev–Trinajstić information content (AvgIpc) is 3.23. The standard InChI is InChI=1S/C46H52N4O6/c1-31(45(54)36-11-4-3-5-12-36)50(2)29-39-27-42(35-20-18-32(30-51)19-21-35)56-46(55-39)37-24-22-34(23-25-37)38-13-8-10-33(26-38)28-48-43(52)16-9-17-44(53)49-41-15-7-6-14-40(41)47/h3-8,10-15,18-26,31,39,42,45-46,51,54H,9,16-17,27-30,47H2,1-2H3,(H,48,52)(H,49,53)/t31-,39-,42+,45-,46+/m0/s1. The molecule has 2 amide bonds. The number of amides is 2. The third-order valence-corrected chi connectivity index (χ3v) is 10.4. The van der Waals surface area contributed by atoms with E-state index in [-0.39, 0.29) is 49.5 Å². The summed E-state index contributed by atoms with van der Waals surface area (Å²) in [5, 5.41) is 26.5. The first kappa shape index (κ1) is 40.3. The molecule has 1 fully saturated rings. The van der Waals surface area contributed by atoms with Crippen LogP contribution in [-0.4, -0.2) is 52.7 Å². The van der Waals surface area contributed by atoms with Crippen LogP contribution < -0.4 is 16.4 Å². The van der Waals surface area contributed by atoms with E-state index in [0.717, 1.165) is 38.9 Å². The minimum Gasteiger partial charge on any atom is -0.397 e. The van der Waals surface area contributed by atoms with E-state index < -0.39 is 12.4 Å². The minimum atomic E-state index is -0.646. The normalized spacial score (nSPS) is 17.9. The quantitative estimate of drug-likeness (QED) is 0.0653. The number of nitrogens with two attached hydrogens (primary N) is 1. The second-order valence-corrected chi connectivity index (χ2v) is 14.5. The van der Waals surface area contributed by atoms with Gasteiger partial charge in [-0.25, -0.2) is 0 Å². The number of likely N-dealkylation sites (N-methyl/N-ethyl adjacent to an activating group) is 1. The smallest absolute Gasteiger partial charge is 0.224 e. The molecule has 5 atom stereocenters. The first-order chi connectivity index (χ1) is 27.2. The fourth-order valence-corrected chi connectivity index (χ4v) is 6.91. The zero-order valence-corrected chi connectivity index (χ0v) is 32.0. The molecule has 1 saturated heterocycles. The number of hydrogen-bond donors (Lipinski definition) is 5. The molecule has 1 aliphatic rings. The van der Waals surface area contributed by atoms with Gasteiger partial charge in [0.25, 0.3) is 0 Å². The van der Waals surface area contributed by atoms with E-state index in [2.05, 4.69) is 21.6 Å². The number of benzene rings is 5. The van der Waals surface area contributed by atoms with Crippen molar-refractivity contribution in [2.45, 2.75) is 76.4 Å². The van der Waals surface area contributed by atoms with Crippen molar-refractivity contribution in [2.24, 2.45) is 0 Å². The van der Waals surface area contributed by atoms with Gasteiger partial charge < -0.3 is 36.1 Å². The molecule has 292 valence electrons. The lowest BCUT2D eigenvalue weighted by Gasteiger charge is -2.39. The van der Waals surface area contributed by atoms with Crippen LogP contribution in [0.2, 0.25) is 0 Å². The molecule has 0 radical (unpaired) electrons. The van der Waals surface area contributed by atoms with Gasteiger partial charge in [0.05, 0.1) is 36.3 Å². The van der Waals surface area contributed by atoms with Gasteiger partial charge in [0.15, 0.2) is 6.29 Å². The molecule has 5 aromatic carbocycles. The maximum atomic E-state index is 12.6. The monoisotopic (exact) mass is 756 g/mol. The maximum Gasteiger partial charge on any atom is 0.224 e. The molecule has 1 heterocycles. The van der Waals surface area contributed by atoms with Gasteiger partial charge in [-0.15, -0.1) is 0 Å². The lowest BCUT2D eigenvalue weighted by molar-refractivity contribution is -0.253. The van der Waals surface area contributed by atoms with Crippen molar-refractivity contribution in [2.75, 3.05) is 24.6 Å². The molecule has 10 heteroatoms. The number of carbonyl (C=O) groups is 2. The Kier molecular flexibility index (Phi) is 14.0. The number of para-hydroxylation sites is 2. The Labute approximate surface area is 329 Å². The summed E-state index contributed by atoms with van der Waals surface area (Å²) in [5.74, 6) is -0.296. The number of nitrogen functional groups attached to an aromatic ring is 1. The predicted octanol–water partition coefficient (Wildman–Crippen LogP) is 7.45. The van der Waals surface area contributed by atoms with E-state index in [9.17, 15) is 19.8 Å². The van der Waals surface area contributed by atoms with Crippen LogP contribution in [0.25, 0.3) is 11.1 Å². The maximum absolute atomic E-state index is 12.6. The minimum absolute atomic E-state index is 0.0233. The van der Waals surface area contributed by atoms with E-state index in [1.165, 1.54) is 0 Å². The summed E-state index contributed by atoms with van der Waals surface area (Å²) >= 11 is 0. The predicted molar refractivity (Wildman–Crippen MR) is 219 cm³/mol. The number of anilines is 2. The van der Waals surface area contributed by atoms with Crippen LogP contribution in [0, 0.1) is 0 Å². The summed E-state index contributed by atoms with van der Waals surface area (Å²) in [4.78, 5) is 27.0. The Balaban J connectivity index is 1.06. The molecule has 1 aliphatic heterocycles. The molecule has 0 unspecified atom stereocenters. The van der Waals surface area contributed by atoms with Crippen LogP contribution in [0.5, 0.6) is 0 Å². The Hall–Kier alpha value is -5.36. The number of nitrogens with one attached hydrogen (secondary N) is 2. The number of aliphatic hydroxyl groups excluding tert-OH is 2. The van der Waals surface area contributed by atoms with Crippen molar-refractivity contribution < 1.29 is 29.3 Å². The highest BCUT2D eigenvalue weighted by Gasteiger charge is 2.34. The molecule has 0 spiro atoms. The number of ether oxygens (including phenoxy) is 2. The molecule has 6 rings (SSSR count). The Morgan fingerprint density at radius 3 is 2.23 bits per heavy atom. The lowest BCUT2D eigenvalue weighted by Crippen LogP contribution is -2.43. The topological polar surface area (TPSA) is 146 Å². The van der Waals surface area contributed by atoms with Crippen molar-refractivity contribution >= 4 is 23.2 Å². The van der Waals surface area contributed by atoms with Gasteiger partial charge in [-0.1, -0.05) is 109 Å². The summed E-state index contributed by atoms with van der Waals surface area (Å²) < 4.78 is 13.2. The van der Waals surface area contributed by atoms with Crippen molar-refractivity contribution in [3.05, 3.63) is 155 Å². The van der Waals surface area contributed by atoms with E-state index in [0.29, 0.717) is 37.3 Å². The number of hydrogen-bond acceptors (Lipinski definition) is 8. The summed E-state index contributed by atoms with van der Waals surface area (Å²) in [6, 6.07) is 40.7. The second kappa shape index (κ2) is 19.5. The highest BCUT2D eigenvalue weighted by Crippen LogP contribution is 2.39. The number of rotatable bonds is 16.